The van der Waals surface area contributed by atoms with Crippen molar-refractivity contribution < 1.29 is 13.9 Å². The molecule has 31 heavy (non-hydrogen) atoms. The number of nitrogens with one attached hydrogen (secondary N) is 1. The molecule has 0 aliphatic heterocycles. The number of hydrogen-bond donors (Lipinski definition) is 1. The zero-order chi connectivity index (χ0) is 22.0. The Balaban J connectivity index is 1.59. The van der Waals surface area contributed by atoms with Crippen LogP contribution in [-0.2, 0) is 0 Å². The Morgan fingerprint density at radius 1 is 1.06 bits per heavy atom. The summed E-state index contributed by atoms with van der Waals surface area (Å²) in [6, 6.07) is 19.1. The summed E-state index contributed by atoms with van der Waals surface area (Å²) in [5.41, 5.74) is 1.90. The summed E-state index contributed by atoms with van der Waals surface area (Å²) in [6.45, 7) is 2.42. The molecule has 0 saturated carbocycles. The Morgan fingerprint density at radius 3 is 2.61 bits per heavy atom. The highest BCUT2D eigenvalue weighted by Gasteiger charge is 2.14. The lowest BCUT2D eigenvalue weighted by atomic mass is 10.1. The van der Waals surface area contributed by atoms with Gasteiger partial charge >= 0.3 is 5.63 Å². The van der Waals surface area contributed by atoms with Crippen molar-refractivity contribution in [3.05, 3.63) is 92.2 Å². The molecule has 0 saturated heterocycles. The van der Waals surface area contributed by atoms with Crippen LogP contribution in [0.4, 0.5) is 5.69 Å². The average molecular weight is 499 g/mol. The molecule has 0 unspecified atom stereocenters. The van der Waals surface area contributed by atoms with Gasteiger partial charge in [-0.2, -0.15) is 0 Å². The number of carbonyl (C=O) groups excluding carboxylic acids is 1. The summed E-state index contributed by atoms with van der Waals surface area (Å²) in [6.07, 6.45) is 0. The van der Waals surface area contributed by atoms with Crippen molar-refractivity contribution in [1.82, 2.24) is 0 Å². The van der Waals surface area contributed by atoms with Crippen molar-refractivity contribution >= 4 is 50.1 Å². The number of benzene rings is 3. The van der Waals surface area contributed by atoms with Gasteiger partial charge in [-0.15, -0.1) is 0 Å². The van der Waals surface area contributed by atoms with Gasteiger partial charge in [-0.05, 0) is 65.3 Å². The second kappa shape index (κ2) is 8.96. The smallest absolute Gasteiger partial charge is 0.344 e. The lowest BCUT2D eigenvalue weighted by Crippen LogP contribution is -2.12. The van der Waals surface area contributed by atoms with Crippen LogP contribution in [0.2, 0.25) is 5.02 Å². The van der Waals surface area contributed by atoms with Gasteiger partial charge in [-0.1, -0.05) is 35.9 Å². The van der Waals surface area contributed by atoms with E-state index >= 15 is 0 Å². The molecule has 0 aliphatic carbocycles. The molecule has 1 heterocycles. The van der Waals surface area contributed by atoms with Gasteiger partial charge < -0.3 is 14.5 Å². The van der Waals surface area contributed by atoms with Crippen molar-refractivity contribution in [2.75, 3.05) is 11.9 Å². The maximum absolute atomic E-state index is 12.6. The van der Waals surface area contributed by atoms with Gasteiger partial charge in [0.1, 0.15) is 11.3 Å². The van der Waals surface area contributed by atoms with E-state index in [9.17, 15) is 9.59 Å². The third-order valence-electron chi connectivity index (χ3n) is 4.65. The van der Waals surface area contributed by atoms with Crippen LogP contribution in [0.5, 0.6) is 5.75 Å². The monoisotopic (exact) mass is 497 g/mol. The molecule has 0 fully saturated rings. The van der Waals surface area contributed by atoms with Crippen molar-refractivity contribution in [2.24, 2.45) is 0 Å². The number of fused-ring (bicyclic) bond motifs is 1. The molecule has 5 nitrogen and oxygen atoms in total. The molecule has 0 aliphatic rings. The van der Waals surface area contributed by atoms with Crippen LogP contribution in [0.1, 0.15) is 17.3 Å². The van der Waals surface area contributed by atoms with Crippen LogP contribution in [0, 0.1) is 0 Å². The molecule has 1 N–H and O–H groups in total. The van der Waals surface area contributed by atoms with Crippen LogP contribution < -0.4 is 15.7 Å². The molecule has 0 spiro atoms. The van der Waals surface area contributed by atoms with Crippen LogP contribution in [-0.4, -0.2) is 12.5 Å². The van der Waals surface area contributed by atoms with Gasteiger partial charge in [0.25, 0.3) is 5.91 Å². The van der Waals surface area contributed by atoms with Gasteiger partial charge in [0.2, 0.25) is 0 Å². The van der Waals surface area contributed by atoms with E-state index in [-0.39, 0.29) is 5.91 Å². The highest BCUT2D eigenvalue weighted by Crippen LogP contribution is 2.31. The molecular weight excluding hydrogens is 482 g/mol. The fraction of sp³-hybridized carbons (Fsp3) is 0.0833. The molecule has 1 aromatic heterocycles. The topological polar surface area (TPSA) is 68.5 Å². The second-order valence-corrected chi connectivity index (χ2v) is 7.97. The van der Waals surface area contributed by atoms with Crippen LogP contribution >= 0.6 is 27.5 Å². The van der Waals surface area contributed by atoms with Crippen molar-refractivity contribution in [3.63, 3.8) is 0 Å². The molecule has 0 atom stereocenters. The fourth-order valence-electron chi connectivity index (χ4n) is 3.18. The molecule has 0 radical (unpaired) electrons. The minimum absolute atomic E-state index is 0.294. The first-order valence-corrected chi connectivity index (χ1v) is 10.7. The number of anilines is 1. The summed E-state index contributed by atoms with van der Waals surface area (Å²) in [5.74, 6) is 0.374. The number of ether oxygens (including phenoxy) is 1. The van der Waals surface area contributed by atoms with E-state index in [4.69, 9.17) is 20.8 Å². The van der Waals surface area contributed by atoms with Gasteiger partial charge in [-0.3, -0.25) is 4.79 Å². The standard InChI is InChI=1S/C24H17BrClNO4/c1-2-30-22-10-7-15(12-19(22)25)23(28)27-16-8-9-17(20(26)13-16)18-11-14-5-3-4-6-21(14)31-24(18)29/h3-13H,2H2,1H3,(H,27,28). The zero-order valence-electron chi connectivity index (χ0n) is 16.4. The van der Waals surface area contributed by atoms with E-state index in [1.807, 2.05) is 19.1 Å². The predicted octanol–water partition coefficient (Wildman–Crippen LogP) is 6.53. The van der Waals surface area contributed by atoms with E-state index in [0.717, 1.165) is 5.39 Å². The van der Waals surface area contributed by atoms with Gasteiger partial charge in [0.15, 0.2) is 0 Å². The predicted molar refractivity (Wildman–Crippen MR) is 126 cm³/mol. The average Bonchev–Trinajstić information content (AvgIpc) is 2.75. The summed E-state index contributed by atoms with van der Waals surface area (Å²) < 4.78 is 11.6. The van der Waals surface area contributed by atoms with Crippen LogP contribution in [0.25, 0.3) is 22.1 Å². The number of halogens is 2. The summed E-state index contributed by atoms with van der Waals surface area (Å²) in [4.78, 5) is 25.1. The SMILES string of the molecule is CCOc1ccc(C(=O)Nc2ccc(-c3cc4ccccc4oc3=O)c(Cl)c2)cc1Br. The summed E-state index contributed by atoms with van der Waals surface area (Å²) in [7, 11) is 0. The molecule has 1 amide bonds. The lowest BCUT2D eigenvalue weighted by molar-refractivity contribution is 0.102. The fourth-order valence-corrected chi connectivity index (χ4v) is 3.95. The Hall–Kier alpha value is -3.09. The maximum Gasteiger partial charge on any atom is 0.344 e. The normalized spacial score (nSPS) is 10.8. The highest BCUT2D eigenvalue weighted by molar-refractivity contribution is 9.10. The number of amides is 1. The Bertz CT molecular complexity index is 1350. The number of rotatable bonds is 5. The first kappa shape index (κ1) is 21.2. The second-order valence-electron chi connectivity index (χ2n) is 6.71. The Labute approximate surface area is 191 Å². The summed E-state index contributed by atoms with van der Waals surface area (Å²) in [5, 5.41) is 3.94. The van der Waals surface area contributed by atoms with Gasteiger partial charge in [0, 0.05) is 22.2 Å². The zero-order valence-corrected chi connectivity index (χ0v) is 18.8. The number of hydrogen-bond acceptors (Lipinski definition) is 4. The van der Waals surface area contributed by atoms with E-state index < -0.39 is 5.63 Å². The van der Waals surface area contributed by atoms with Gasteiger partial charge in [-0.25, -0.2) is 4.79 Å². The Kier molecular flexibility index (Phi) is 6.11. The molecule has 3 aromatic carbocycles. The molecular formula is C24H17BrClNO4. The van der Waals surface area contributed by atoms with E-state index in [2.05, 4.69) is 21.2 Å². The third kappa shape index (κ3) is 4.50. The van der Waals surface area contributed by atoms with E-state index in [1.165, 1.54) is 0 Å². The number of para-hydroxylation sites is 1. The molecule has 4 aromatic rings. The van der Waals surface area contributed by atoms with Gasteiger partial charge in [0.05, 0.1) is 21.7 Å². The molecule has 0 bridgehead atoms. The van der Waals surface area contributed by atoms with E-state index in [1.54, 1.807) is 54.6 Å². The lowest BCUT2D eigenvalue weighted by Gasteiger charge is -2.10. The Morgan fingerprint density at radius 2 is 1.87 bits per heavy atom. The molecule has 4 rings (SSSR count). The largest absolute Gasteiger partial charge is 0.493 e. The molecule has 156 valence electrons. The quantitative estimate of drug-likeness (QED) is 0.318. The first-order valence-electron chi connectivity index (χ1n) is 9.53. The van der Waals surface area contributed by atoms with Crippen LogP contribution in [0.3, 0.4) is 0 Å². The maximum atomic E-state index is 12.6. The summed E-state index contributed by atoms with van der Waals surface area (Å²) >= 11 is 9.85. The minimum Gasteiger partial charge on any atom is -0.493 e. The molecule has 7 heteroatoms. The number of carbonyl (C=O) groups is 1. The van der Waals surface area contributed by atoms with Crippen molar-refractivity contribution in [2.45, 2.75) is 6.92 Å². The first-order chi connectivity index (χ1) is 15.0. The van der Waals surface area contributed by atoms with Crippen molar-refractivity contribution in [1.29, 1.82) is 0 Å². The van der Waals surface area contributed by atoms with Crippen molar-refractivity contribution in [3.8, 4) is 16.9 Å². The third-order valence-corrected chi connectivity index (χ3v) is 5.58. The van der Waals surface area contributed by atoms with Crippen LogP contribution in [0.15, 0.2) is 80.4 Å². The highest BCUT2D eigenvalue weighted by atomic mass is 79.9. The van der Waals surface area contributed by atoms with E-state index in [0.29, 0.717) is 49.8 Å². The minimum atomic E-state index is -0.475.